The molecule has 0 aromatic heterocycles. The van der Waals surface area contributed by atoms with Crippen molar-refractivity contribution in [2.45, 2.75) is 63.1 Å². The summed E-state index contributed by atoms with van der Waals surface area (Å²) in [4.78, 5) is 28.8. The largest absolute Gasteiger partial charge is 0.496 e. The first-order valence-corrected chi connectivity index (χ1v) is 16.9. The molecule has 1 saturated carbocycles. The molecule has 0 radical (unpaired) electrons. The van der Waals surface area contributed by atoms with Crippen molar-refractivity contribution in [3.05, 3.63) is 86.3 Å². The maximum absolute atomic E-state index is 14.1. The molecule has 4 rings (SSSR count). The Kier molecular flexibility index (Phi) is 11.0. The first kappa shape index (κ1) is 33.1. The van der Waals surface area contributed by atoms with Gasteiger partial charge < -0.3 is 15.0 Å². The number of sulfonamides is 1. The Hall–Kier alpha value is -2.79. The Morgan fingerprint density at radius 1 is 1.02 bits per heavy atom. The van der Waals surface area contributed by atoms with Crippen LogP contribution < -0.4 is 14.4 Å². The molecule has 43 heavy (non-hydrogen) atoms. The second-order valence-corrected chi connectivity index (χ2v) is 14.1. The summed E-state index contributed by atoms with van der Waals surface area (Å²) >= 11 is 15.7. The Morgan fingerprint density at radius 2 is 1.70 bits per heavy atom. The van der Waals surface area contributed by atoms with E-state index in [0.717, 1.165) is 35.6 Å². The summed E-state index contributed by atoms with van der Waals surface area (Å²) in [5.41, 5.74) is 1.88. The molecule has 2 amide bonds. The van der Waals surface area contributed by atoms with E-state index in [1.165, 1.54) is 30.2 Å². The van der Waals surface area contributed by atoms with Crippen molar-refractivity contribution >= 4 is 66.7 Å². The van der Waals surface area contributed by atoms with E-state index in [9.17, 15) is 18.0 Å². The van der Waals surface area contributed by atoms with Crippen LogP contribution in [-0.4, -0.2) is 50.9 Å². The number of nitrogens with zero attached hydrogens (tertiary/aromatic N) is 2. The van der Waals surface area contributed by atoms with Crippen molar-refractivity contribution in [2.24, 2.45) is 0 Å². The van der Waals surface area contributed by atoms with Crippen molar-refractivity contribution < 1.29 is 22.7 Å². The van der Waals surface area contributed by atoms with E-state index in [2.05, 4.69) is 21.2 Å². The number of carbonyl (C=O) groups excluding carboxylic acids is 2. The van der Waals surface area contributed by atoms with Crippen molar-refractivity contribution in [3.8, 4) is 5.75 Å². The van der Waals surface area contributed by atoms with Gasteiger partial charge in [0.25, 0.3) is 10.0 Å². The highest BCUT2D eigenvalue weighted by molar-refractivity contribution is 9.10. The molecule has 3 aromatic carbocycles. The van der Waals surface area contributed by atoms with Gasteiger partial charge in [0.15, 0.2) is 0 Å². The smallest absolute Gasteiger partial charge is 0.264 e. The number of amides is 2. The Balaban J connectivity index is 1.71. The predicted molar refractivity (Wildman–Crippen MR) is 173 cm³/mol. The van der Waals surface area contributed by atoms with Crippen molar-refractivity contribution in [3.63, 3.8) is 0 Å². The predicted octanol–water partition coefficient (Wildman–Crippen LogP) is 6.74. The average molecular weight is 712 g/mol. The maximum Gasteiger partial charge on any atom is 0.264 e. The molecular formula is C31H34BrCl2N3O5S. The molecule has 230 valence electrons. The molecule has 0 saturated heterocycles. The van der Waals surface area contributed by atoms with Crippen LogP contribution in [0.3, 0.4) is 0 Å². The number of hydrogen-bond donors (Lipinski definition) is 1. The molecule has 3 aromatic rings. The van der Waals surface area contributed by atoms with Crippen LogP contribution in [0.4, 0.5) is 5.69 Å². The van der Waals surface area contributed by atoms with Gasteiger partial charge in [-0.1, -0.05) is 59.8 Å². The number of aryl methyl sites for hydroxylation is 1. The second-order valence-electron chi connectivity index (χ2n) is 10.6. The summed E-state index contributed by atoms with van der Waals surface area (Å²) in [6, 6.07) is 15.4. The van der Waals surface area contributed by atoms with Crippen LogP contribution >= 0.6 is 39.1 Å². The quantitative estimate of drug-likeness (QED) is 0.238. The first-order chi connectivity index (χ1) is 20.4. The molecule has 0 heterocycles. The Bertz CT molecular complexity index is 1580. The van der Waals surface area contributed by atoms with Gasteiger partial charge in [0, 0.05) is 12.6 Å². The first-order valence-electron chi connectivity index (χ1n) is 13.9. The van der Waals surface area contributed by atoms with E-state index in [-0.39, 0.29) is 23.4 Å². The molecule has 1 aliphatic rings. The molecule has 0 unspecified atom stereocenters. The normalized spacial score (nSPS) is 14.3. The van der Waals surface area contributed by atoms with Crippen molar-refractivity contribution in [1.29, 1.82) is 0 Å². The molecule has 8 nitrogen and oxygen atoms in total. The minimum absolute atomic E-state index is 0.0187. The number of rotatable bonds is 11. The standard InChI is InChI=1S/C31H34BrCl2N3O5S/c1-20-8-11-24(12-9-20)37(43(40,41)25-13-15-29(42-3)26(32)17-25)19-30(38)36(18-22-10-14-27(33)28(34)16-22)21(2)31(39)35-23-6-4-5-7-23/h8-17,21,23H,4-7,18-19H2,1-3H3,(H,35,39)/t21-/m0/s1. The van der Waals surface area contributed by atoms with Crippen LogP contribution in [0, 0.1) is 6.92 Å². The van der Waals surface area contributed by atoms with Crippen LogP contribution in [0.1, 0.15) is 43.7 Å². The Labute approximate surface area is 271 Å². The summed E-state index contributed by atoms with van der Waals surface area (Å²) in [6.07, 6.45) is 3.85. The molecule has 1 aliphatic carbocycles. The number of nitrogens with one attached hydrogen (secondary N) is 1. The average Bonchev–Trinajstić information content (AvgIpc) is 3.49. The highest BCUT2D eigenvalue weighted by atomic mass is 79.9. The van der Waals surface area contributed by atoms with Gasteiger partial charge in [-0.15, -0.1) is 0 Å². The van der Waals surface area contributed by atoms with Gasteiger partial charge >= 0.3 is 0 Å². The monoisotopic (exact) mass is 709 g/mol. The highest BCUT2D eigenvalue weighted by Gasteiger charge is 2.33. The van der Waals surface area contributed by atoms with Gasteiger partial charge in [-0.05, 0) is 90.6 Å². The van der Waals surface area contributed by atoms with Gasteiger partial charge in [-0.2, -0.15) is 0 Å². The Morgan fingerprint density at radius 3 is 2.30 bits per heavy atom. The van der Waals surface area contributed by atoms with Crippen LogP contribution in [0.2, 0.25) is 10.0 Å². The molecule has 0 spiro atoms. The van der Waals surface area contributed by atoms with Crippen LogP contribution in [-0.2, 0) is 26.2 Å². The maximum atomic E-state index is 14.1. The minimum Gasteiger partial charge on any atom is -0.496 e. The molecule has 0 aliphatic heterocycles. The number of anilines is 1. The summed E-state index contributed by atoms with van der Waals surface area (Å²) < 4.78 is 34.9. The van der Waals surface area contributed by atoms with Crippen LogP contribution in [0.15, 0.2) is 70.0 Å². The number of hydrogen-bond acceptors (Lipinski definition) is 5. The lowest BCUT2D eigenvalue weighted by atomic mass is 10.1. The summed E-state index contributed by atoms with van der Waals surface area (Å²) in [5.74, 6) is -0.396. The van der Waals surface area contributed by atoms with Crippen molar-refractivity contribution in [1.82, 2.24) is 10.2 Å². The number of methoxy groups -OCH3 is 1. The van der Waals surface area contributed by atoms with E-state index >= 15 is 0 Å². The summed E-state index contributed by atoms with van der Waals surface area (Å²) in [6.45, 7) is 3.01. The lowest BCUT2D eigenvalue weighted by Crippen LogP contribution is -2.52. The third-order valence-corrected chi connectivity index (χ3v) is 10.6. The number of benzene rings is 3. The summed E-state index contributed by atoms with van der Waals surface area (Å²) in [7, 11) is -2.75. The zero-order chi connectivity index (χ0) is 31.3. The number of ether oxygens (including phenoxy) is 1. The molecule has 1 N–H and O–H groups in total. The van der Waals surface area contributed by atoms with Crippen LogP contribution in [0.5, 0.6) is 5.75 Å². The van der Waals surface area contributed by atoms with Crippen LogP contribution in [0.25, 0.3) is 0 Å². The molecule has 12 heteroatoms. The number of carbonyl (C=O) groups is 2. The fourth-order valence-corrected chi connectivity index (χ4v) is 7.44. The zero-order valence-electron chi connectivity index (χ0n) is 24.1. The topological polar surface area (TPSA) is 96.0 Å². The lowest BCUT2D eigenvalue weighted by molar-refractivity contribution is -0.139. The summed E-state index contributed by atoms with van der Waals surface area (Å²) in [5, 5.41) is 3.72. The van der Waals surface area contributed by atoms with E-state index in [0.29, 0.717) is 31.5 Å². The van der Waals surface area contributed by atoms with E-state index in [4.69, 9.17) is 27.9 Å². The lowest BCUT2D eigenvalue weighted by Gasteiger charge is -2.32. The van der Waals surface area contributed by atoms with Gasteiger partial charge in [-0.3, -0.25) is 13.9 Å². The minimum atomic E-state index is -4.23. The third-order valence-electron chi connectivity index (χ3n) is 7.52. The van der Waals surface area contributed by atoms with E-state index in [1.807, 2.05) is 6.92 Å². The fourth-order valence-electron chi connectivity index (χ4n) is 4.98. The van der Waals surface area contributed by atoms with Crippen molar-refractivity contribution in [2.75, 3.05) is 18.0 Å². The SMILES string of the molecule is COc1ccc(S(=O)(=O)N(CC(=O)N(Cc2ccc(Cl)c(Cl)c2)[C@@H](C)C(=O)NC2CCCC2)c2ccc(C)cc2)cc1Br. The molecule has 0 bridgehead atoms. The fraction of sp³-hybridized carbons (Fsp3) is 0.355. The van der Waals surface area contributed by atoms with E-state index in [1.54, 1.807) is 49.4 Å². The molecule has 1 atom stereocenters. The molecular weight excluding hydrogens is 677 g/mol. The number of halogens is 3. The van der Waals surface area contributed by atoms with E-state index < -0.39 is 28.5 Å². The third kappa shape index (κ3) is 8.03. The van der Waals surface area contributed by atoms with Gasteiger partial charge in [0.1, 0.15) is 18.3 Å². The zero-order valence-corrected chi connectivity index (χ0v) is 28.1. The van der Waals surface area contributed by atoms with Gasteiger partial charge in [-0.25, -0.2) is 8.42 Å². The highest BCUT2D eigenvalue weighted by Crippen LogP contribution is 2.31. The van der Waals surface area contributed by atoms with Gasteiger partial charge in [0.2, 0.25) is 11.8 Å². The second kappa shape index (κ2) is 14.3. The van der Waals surface area contributed by atoms with Gasteiger partial charge in [0.05, 0.1) is 32.2 Å². The molecule has 1 fully saturated rings.